The normalized spacial score (nSPS) is 16.2. The van der Waals surface area contributed by atoms with Crippen molar-refractivity contribution in [3.63, 3.8) is 0 Å². The second-order valence-electron chi connectivity index (χ2n) is 7.73. The summed E-state index contributed by atoms with van der Waals surface area (Å²) in [5.41, 5.74) is 0.359. The van der Waals surface area contributed by atoms with Crippen molar-refractivity contribution in [3.05, 3.63) is 42.2 Å². The number of carbonyl (C=O) groups excluding carboxylic acids is 2. The van der Waals surface area contributed by atoms with Crippen LogP contribution in [0.4, 0.5) is 24.8 Å². The van der Waals surface area contributed by atoms with Crippen LogP contribution in [0.3, 0.4) is 0 Å². The fraction of sp³-hybridized carbons (Fsp3) is 0.429. The van der Waals surface area contributed by atoms with E-state index in [2.05, 4.69) is 20.6 Å². The quantitative estimate of drug-likeness (QED) is 0.672. The zero-order valence-corrected chi connectivity index (χ0v) is 17.6. The molecule has 11 heteroatoms. The number of halogens is 3. The minimum atomic E-state index is -4.42. The summed E-state index contributed by atoms with van der Waals surface area (Å²) in [7, 11) is 0. The van der Waals surface area contributed by atoms with Crippen LogP contribution in [-0.2, 0) is 4.79 Å². The topological polar surface area (TPSA) is 96.5 Å². The molecule has 1 aliphatic heterocycles. The predicted octanol–water partition coefficient (Wildman–Crippen LogP) is 3.02. The summed E-state index contributed by atoms with van der Waals surface area (Å²) in [6.45, 7) is 3.16. The fourth-order valence-electron chi connectivity index (χ4n) is 3.09. The van der Waals surface area contributed by atoms with Crippen molar-refractivity contribution in [3.8, 4) is 5.75 Å². The number of amides is 2. The Morgan fingerprint density at radius 3 is 2.69 bits per heavy atom. The van der Waals surface area contributed by atoms with Crippen LogP contribution in [0.25, 0.3) is 0 Å². The molecule has 172 valence electrons. The third-order valence-electron chi connectivity index (χ3n) is 4.76. The third-order valence-corrected chi connectivity index (χ3v) is 4.76. The van der Waals surface area contributed by atoms with Crippen molar-refractivity contribution in [2.75, 3.05) is 29.9 Å². The van der Waals surface area contributed by atoms with Gasteiger partial charge in [0.15, 0.2) is 6.61 Å². The van der Waals surface area contributed by atoms with E-state index in [1.54, 1.807) is 19.9 Å². The Balaban J connectivity index is 1.57. The van der Waals surface area contributed by atoms with Crippen LogP contribution < -0.4 is 20.3 Å². The first-order chi connectivity index (χ1) is 15.1. The van der Waals surface area contributed by atoms with Gasteiger partial charge in [-0.25, -0.2) is 9.97 Å². The van der Waals surface area contributed by atoms with Crippen molar-refractivity contribution < 1.29 is 27.5 Å². The molecular weight excluding hydrogens is 427 g/mol. The standard InChI is InChI=1S/C21H24F3N5O3/c1-13(2)19(30)28-17-9-14(3-6-25-17)20(31)27-15-5-8-29(11-15)18-10-16(4-7-26-18)32-12-21(22,23)24/h3-4,6-7,9-10,13,15H,5,8,11-12H2,1-2H3,(H,27,31)(H,25,28,30)/t15-/m1/s1. The average molecular weight is 451 g/mol. The molecule has 0 saturated carbocycles. The van der Waals surface area contributed by atoms with Gasteiger partial charge >= 0.3 is 6.18 Å². The first kappa shape index (κ1) is 23.3. The maximum atomic E-state index is 12.6. The predicted molar refractivity (Wildman–Crippen MR) is 112 cm³/mol. The summed E-state index contributed by atoms with van der Waals surface area (Å²) in [5, 5.41) is 5.58. The molecule has 2 amide bonds. The lowest BCUT2D eigenvalue weighted by atomic mass is 10.2. The van der Waals surface area contributed by atoms with Crippen LogP contribution in [0, 0.1) is 5.92 Å². The highest BCUT2D eigenvalue weighted by Gasteiger charge is 2.29. The Kier molecular flexibility index (Phi) is 7.16. The fourth-order valence-corrected chi connectivity index (χ4v) is 3.09. The molecule has 1 atom stereocenters. The zero-order chi connectivity index (χ0) is 23.3. The smallest absolute Gasteiger partial charge is 0.422 e. The van der Waals surface area contributed by atoms with Crippen LogP contribution >= 0.6 is 0 Å². The van der Waals surface area contributed by atoms with Gasteiger partial charge in [0.2, 0.25) is 5.91 Å². The van der Waals surface area contributed by atoms with Gasteiger partial charge < -0.3 is 20.3 Å². The number of alkyl halides is 3. The van der Waals surface area contributed by atoms with Crippen LogP contribution in [0.15, 0.2) is 36.7 Å². The molecule has 3 heterocycles. The van der Waals surface area contributed by atoms with E-state index >= 15 is 0 Å². The van der Waals surface area contributed by atoms with E-state index in [-0.39, 0.29) is 29.5 Å². The van der Waals surface area contributed by atoms with E-state index in [0.29, 0.717) is 36.7 Å². The molecule has 0 bridgehead atoms. The van der Waals surface area contributed by atoms with E-state index in [4.69, 9.17) is 4.74 Å². The lowest BCUT2D eigenvalue weighted by molar-refractivity contribution is -0.153. The summed E-state index contributed by atoms with van der Waals surface area (Å²) >= 11 is 0. The Bertz CT molecular complexity index is 968. The first-order valence-electron chi connectivity index (χ1n) is 10.1. The number of nitrogens with one attached hydrogen (secondary N) is 2. The summed E-state index contributed by atoms with van der Waals surface area (Å²) in [6, 6.07) is 5.69. The van der Waals surface area contributed by atoms with Crippen LogP contribution in [0.2, 0.25) is 0 Å². The number of carbonyl (C=O) groups is 2. The second-order valence-corrected chi connectivity index (χ2v) is 7.73. The molecule has 3 rings (SSSR count). The number of aromatic nitrogens is 2. The molecule has 0 aromatic carbocycles. The molecule has 0 aliphatic carbocycles. The highest BCUT2D eigenvalue weighted by molar-refractivity contribution is 5.97. The Hall–Kier alpha value is -3.37. The average Bonchev–Trinajstić information content (AvgIpc) is 3.20. The lowest BCUT2D eigenvalue weighted by Gasteiger charge is -2.19. The molecule has 2 aromatic heterocycles. The maximum Gasteiger partial charge on any atom is 0.422 e. The number of nitrogens with zero attached hydrogens (tertiary/aromatic N) is 3. The molecule has 1 saturated heterocycles. The minimum Gasteiger partial charge on any atom is -0.484 e. The number of pyridine rings is 2. The molecule has 0 unspecified atom stereocenters. The summed E-state index contributed by atoms with van der Waals surface area (Å²) in [5.74, 6) is 0.121. The van der Waals surface area contributed by atoms with Crippen LogP contribution in [0.1, 0.15) is 30.6 Å². The van der Waals surface area contributed by atoms with Crippen molar-refractivity contribution in [2.45, 2.75) is 32.5 Å². The summed E-state index contributed by atoms with van der Waals surface area (Å²) < 4.78 is 41.9. The lowest BCUT2D eigenvalue weighted by Crippen LogP contribution is -2.37. The number of anilines is 2. The van der Waals surface area contributed by atoms with Gasteiger partial charge in [-0.15, -0.1) is 0 Å². The minimum absolute atomic E-state index is 0.0765. The van der Waals surface area contributed by atoms with E-state index in [1.807, 2.05) is 4.90 Å². The highest BCUT2D eigenvalue weighted by atomic mass is 19.4. The Labute approximate surface area is 183 Å². The van der Waals surface area contributed by atoms with E-state index in [9.17, 15) is 22.8 Å². The molecule has 1 fully saturated rings. The van der Waals surface area contributed by atoms with Crippen molar-refractivity contribution >= 4 is 23.5 Å². The van der Waals surface area contributed by atoms with Crippen molar-refractivity contribution in [1.29, 1.82) is 0 Å². The maximum absolute atomic E-state index is 12.6. The molecule has 0 spiro atoms. The Morgan fingerprint density at radius 2 is 1.97 bits per heavy atom. The summed E-state index contributed by atoms with van der Waals surface area (Å²) in [6.07, 6.45) is -0.945. The third kappa shape index (κ3) is 6.56. The second kappa shape index (κ2) is 9.84. The molecule has 0 radical (unpaired) electrons. The van der Waals surface area contributed by atoms with Gasteiger partial charge in [-0.05, 0) is 24.6 Å². The van der Waals surface area contributed by atoms with E-state index < -0.39 is 12.8 Å². The highest BCUT2D eigenvalue weighted by Crippen LogP contribution is 2.24. The van der Waals surface area contributed by atoms with Gasteiger partial charge in [0.05, 0.1) is 0 Å². The molecule has 32 heavy (non-hydrogen) atoms. The summed E-state index contributed by atoms with van der Waals surface area (Å²) in [4.78, 5) is 34.6. The van der Waals surface area contributed by atoms with Gasteiger partial charge in [-0.3, -0.25) is 9.59 Å². The Morgan fingerprint density at radius 1 is 1.22 bits per heavy atom. The van der Waals surface area contributed by atoms with Gasteiger partial charge in [0.25, 0.3) is 5.91 Å². The van der Waals surface area contributed by atoms with E-state index in [0.717, 1.165) is 0 Å². The molecule has 8 nitrogen and oxygen atoms in total. The molecular formula is C21H24F3N5O3. The number of hydrogen-bond donors (Lipinski definition) is 2. The van der Waals surface area contributed by atoms with Crippen LogP contribution in [0.5, 0.6) is 5.75 Å². The number of hydrogen-bond acceptors (Lipinski definition) is 6. The zero-order valence-electron chi connectivity index (χ0n) is 17.6. The molecule has 2 N–H and O–H groups in total. The van der Waals surface area contributed by atoms with Gasteiger partial charge in [-0.2, -0.15) is 13.2 Å². The SMILES string of the molecule is CC(C)C(=O)Nc1cc(C(=O)N[C@@H]2CCN(c3cc(OCC(F)(F)F)ccn3)C2)ccn1. The largest absolute Gasteiger partial charge is 0.484 e. The number of ether oxygens (including phenoxy) is 1. The van der Waals surface area contributed by atoms with Crippen molar-refractivity contribution in [2.24, 2.45) is 5.92 Å². The molecule has 1 aliphatic rings. The monoisotopic (exact) mass is 451 g/mol. The van der Waals surface area contributed by atoms with Gasteiger partial charge in [0.1, 0.15) is 17.4 Å². The van der Waals surface area contributed by atoms with Gasteiger partial charge in [0, 0.05) is 49.1 Å². The van der Waals surface area contributed by atoms with E-state index in [1.165, 1.54) is 30.6 Å². The van der Waals surface area contributed by atoms with Crippen LogP contribution in [-0.4, -0.2) is 53.7 Å². The van der Waals surface area contributed by atoms with Crippen molar-refractivity contribution in [1.82, 2.24) is 15.3 Å². The number of rotatable bonds is 7. The molecule has 2 aromatic rings. The van der Waals surface area contributed by atoms with Gasteiger partial charge in [-0.1, -0.05) is 13.8 Å². The first-order valence-corrected chi connectivity index (χ1v) is 10.1.